The van der Waals surface area contributed by atoms with Gasteiger partial charge >= 0.3 is 6.03 Å². The zero-order valence-electron chi connectivity index (χ0n) is 18.9. The lowest BCUT2D eigenvalue weighted by Gasteiger charge is -2.28. The minimum atomic E-state index is -0.923. The molecule has 178 valence electrons. The third kappa shape index (κ3) is 4.97. The molecular formula is C26H21ClN2O6. The Bertz CT molecular complexity index is 1320. The highest BCUT2D eigenvalue weighted by Gasteiger charge is 2.38. The van der Waals surface area contributed by atoms with Crippen molar-refractivity contribution in [2.75, 3.05) is 19.1 Å². The first-order valence-corrected chi connectivity index (χ1v) is 10.9. The van der Waals surface area contributed by atoms with Crippen molar-refractivity contribution in [3.63, 3.8) is 0 Å². The molecule has 9 heteroatoms. The second-order valence-electron chi connectivity index (χ2n) is 7.43. The number of anilines is 1. The predicted molar refractivity (Wildman–Crippen MR) is 131 cm³/mol. The van der Waals surface area contributed by atoms with Gasteiger partial charge in [-0.3, -0.25) is 14.9 Å². The molecule has 1 aliphatic rings. The van der Waals surface area contributed by atoms with E-state index in [9.17, 15) is 14.4 Å². The molecular weight excluding hydrogens is 472 g/mol. The van der Waals surface area contributed by atoms with E-state index < -0.39 is 17.8 Å². The largest absolute Gasteiger partial charge is 0.495 e. The topological polar surface area (TPSA) is 94.2 Å². The summed E-state index contributed by atoms with van der Waals surface area (Å²) in [7, 11) is 2.77. The molecule has 8 nitrogen and oxygen atoms in total. The van der Waals surface area contributed by atoms with Gasteiger partial charge in [0.2, 0.25) is 0 Å². The standard InChI is InChI=1S/C26H21ClN2O6/c1-33-22-14-20(23(34-2)13-19(22)27)29-25(31)18(24(30)28-26(29)32)12-17-10-6-7-11-21(17)35-15-16-8-4-3-5-9-16/h3-14H,15H2,1-2H3,(H,28,30,32)/b18-12+. The maximum Gasteiger partial charge on any atom is 0.336 e. The van der Waals surface area contributed by atoms with Crippen LogP contribution in [0, 0.1) is 0 Å². The molecule has 1 fully saturated rings. The van der Waals surface area contributed by atoms with E-state index in [0.29, 0.717) is 17.9 Å². The predicted octanol–water partition coefficient (Wildman–Crippen LogP) is 4.60. The molecule has 4 amide bonds. The van der Waals surface area contributed by atoms with Crippen LogP contribution in [0.1, 0.15) is 11.1 Å². The molecule has 0 unspecified atom stereocenters. The number of ether oxygens (including phenoxy) is 3. The number of para-hydroxylation sites is 1. The van der Waals surface area contributed by atoms with Gasteiger partial charge in [-0.1, -0.05) is 60.1 Å². The number of benzene rings is 3. The van der Waals surface area contributed by atoms with Crippen molar-refractivity contribution < 1.29 is 28.6 Å². The van der Waals surface area contributed by atoms with Crippen molar-refractivity contribution in [3.8, 4) is 17.2 Å². The molecule has 3 aromatic rings. The summed E-state index contributed by atoms with van der Waals surface area (Å²) in [6, 6.07) is 18.4. The van der Waals surface area contributed by atoms with Crippen molar-refractivity contribution in [3.05, 3.63) is 88.5 Å². The number of urea groups is 1. The fourth-order valence-corrected chi connectivity index (χ4v) is 3.75. The van der Waals surface area contributed by atoms with Crippen LogP contribution in [0.25, 0.3) is 6.08 Å². The smallest absolute Gasteiger partial charge is 0.336 e. The molecule has 0 radical (unpaired) electrons. The molecule has 1 heterocycles. The van der Waals surface area contributed by atoms with E-state index in [4.69, 9.17) is 25.8 Å². The number of barbiturate groups is 1. The van der Waals surface area contributed by atoms with Gasteiger partial charge in [0.1, 0.15) is 29.4 Å². The maximum absolute atomic E-state index is 13.4. The number of nitrogens with one attached hydrogen (secondary N) is 1. The van der Waals surface area contributed by atoms with E-state index in [0.717, 1.165) is 10.5 Å². The third-order valence-electron chi connectivity index (χ3n) is 5.25. The van der Waals surface area contributed by atoms with Gasteiger partial charge in [0.25, 0.3) is 11.8 Å². The first-order valence-electron chi connectivity index (χ1n) is 10.5. The highest BCUT2D eigenvalue weighted by molar-refractivity contribution is 6.39. The summed E-state index contributed by atoms with van der Waals surface area (Å²) in [4.78, 5) is 39.5. The average molecular weight is 493 g/mol. The highest BCUT2D eigenvalue weighted by atomic mass is 35.5. The fourth-order valence-electron chi connectivity index (χ4n) is 3.52. The number of imide groups is 2. The molecule has 35 heavy (non-hydrogen) atoms. The SMILES string of the molecule is COc1cc(N2C(=O)NC(=O)/C(=C\c3ccccc3OCc3ccccc3)C2=O)c(OC)cc1Cl. The van der Waals surface area contributed by atoms with Crippen molar-refractivity contribution in [1.29, 1.82) is 0 Å². The van der Waals surface area contributed by atoms with Crippen LogP contribution < -0.4 is 24.4 Å². The molecule has 1 aliphatic heterocycles. The molecule has 0 aromatic heterocycles. The first kappa shape index (κ1) is 23.8. The first-order chi connectivity index (χ1) is 16.9. The van der Waals surface area contributed by atoms with E-state index in [-0.39, 0.29) is 27.8 Å². The number of amides is 4. The van der Waals surface area contributed by atoms with Crippen LogP contribution in [-0.2, 0) is 16.2 Å². The normalized spacial score (nSPS) is 14.7. The quantitative estimate of drug-likeness (QED) is 0.382. The Labute approximate surface area is 206 Å². The zero-order chi connectivity index (χ0) is 24.9. The zero-order valence-corrected chi connectivity index (χ0v) is 19.7. The number of carbonyl (C=O) groups excluding carboxylic acids is 3. The molecule has 4 rings (SSSR count). The fraction of sp³-hybridized carbons (Fsp3) is 0.115. The summed E-state index contributed by atoms with van der Waals surface area (Å²) in [5, 5.41) is 2.43. The molecule has 0 bridgehead atoms. The summed E-state index contributed by atoms with van der Waals surface area (Å²) in [6.07, 6.45) is 1.39. The number of hydrogen-bond acceptors (Lipinski definition) is 6. The Morgan fingerprint density at radius 3 is 2.29 bits per heavy atom. The molecule has 0 spiro atoms. The highest BCUT2D eigenvalue weighted by Crippen LogP contribution is 2.39. The van der Waals surface area contributed by atoms with Crippen LogP contribution in [0.2, 0.25) is 5.02 Å². The number of rotatable bonds is 7. The number of halogens is 1. The van der Waals surface area contributed by atoms with Crippen LogP contribution >= 0.6 is 11.6 Å². The van der Waals surface area contributed by atoms with Gasteiger partial charge in [0.15, 0.2) is 0 Å². The van der Waals surface area contributed by atoms with Crippen LogP contribution in [-0.4, -0.2) is 32.1 Å². The van der Waals surface area contributed by atoms with Gasteiger partial charge in [-0.2, -0.15) is 0 Å². The summed E-state index contributed by atoms with van der Waals surface area (Å²) >= 11 is 6.15. The Hall–Kier alpha value is -4.30. The summed E-state index contributed by atoms with van der Waals surface area (Å²) in [6.45, 7) is 0.299. The summed E-state index contributed by atoms with van der Waals surface area (Å²) in [5.74, 6) is -0.809. The molecule has 0 atom stereocenters. The summed E-state index contributed by atoms with van der Waals surface area (Å²) in [5.41, 5.74) is 1.28. The van der Waals surface area contributed by atoms with Crippen LogP contribution in [0.3, 0.4) is 0 Å². The summed E-state index contributed by atoms with van der Waals surface area (Å²) < 4.78 is 16.5. The minimum Gasteiger partial charge on any atom is -0.495 e. The van der Waals surface area contributed by atoms with E-state index in [1.54, 1.807) is 24.3 Å². The molecule has 3 aromatic carbocycles. The van der Waals surface area contributed by atoms with E-state index >= 15 is 0 Å². The lowest BCUT2D eigenvalue weighted by atomic mass is 10.1. The van der Waals surface area contributed by atoms with Crippen molar-refractivity contribution in [2.24, 2.45) is 0 Å². The van der Waals surface area contributed by atoms with E-state index in [2.05, 4.69) is 5.32 Å². The monoisotopic (exact) mass is 492 g/mol. The molecule has 0 aliphatic carbocycles. The molecule has 1 N–H and O–H groups in total. The maximum atomic E-state index is 13.4. The van der Waals surface area contributed by atoms with Crippen LogP contribution in [0.5, 0.6) is 17.2 Å². The average Bonchev–Trinajstić information content (AvgIpc) is 2.87. The Kier molecular flexibility index (Phi) is 7.03. The number of nitrogens with zero attached hydrogens (tertiary/aromatic N) is 1. The lowest BCUT2D eigenvalue weighted by Crippen LogP contribution is -2.54. The van der Waals surface area contributed by atoms with Crippen molar-refractivity contribution >= 4 is 41.2 Å². The Balaban J connectivity index is 1.70. The van der Waals surface area contributed by atoms with Crippen LogP contribution in [0.4, 0.5) is 10.5 Å². The van der Waals surface area contributed by atoms with Gasteiger partial charge < -0.3 is 14.2 Å². The third-order valence-corrected chi connectivity index (χ3v) is 5.55. The molecule has 1 saturated heterocycles. The van der Waals surface area contributed by atoms with Gasteiger partial charge in [-0.15, -0.1) is 0 Å². The van der Waals surface area contributed by atoms with E-state index in [1.165, 1.54) is 32.4 Å². The second-order valence-corrected chi connectivity index (χ2v) is 7.84. The Morgan fingerprint density at radius 1 is 0.886 bits per heavy atom. The van der Waals surface area contributed by atoms with Gasteiger partial charge in [0, 0.05) is 17.7 Å². The van der Waals surface area contributed by atoms with Gasteiger partial charge in [-0.25, -0.2) is 9.69 Å². The van der Waals surface area contributed by atoms with Crippen molar-refractivity contribution in [2.45, 2.75) is 6.61 Å². The van der Waals surface area contributed by atoms with Crippen molar-refractivity contribution in [1.82, 2.24) is 5.32 Å². The number of carbonyl (C=O) groups is 3. The minimum absolute atomic E-state index is 0.0725. The van der Waals surface area contributed by atoms with Crippen LogP contribution in [0.15, 0.2) is 72.3 Å². The van der Waals surface area contributed by atoms with Gasteiger partial charge in [0.05, 0.1) is 24.9 Å². The number of hydrogen-bond donors (Lipinski definition) is 1. The number of methoxy groups -OCH3 is 2. The van der Waals surface area contributed by atoms with Gasteiger partial charge in [-0.05, 0) is 17.7 Å². The lowest BCUT2D eigenvalue weighted by molar-refractivity contribution is -0.122. The second kappa shape index (κ2) is 10.3. The molecule has 0 saturated carbocycles. The Morgan fingerprint density at radius 2 is 1.57 bits per heavy atom. The van der Waals surface area contributed by atoms with E-state index in [1.807, 2.05) is 30.3 Å².